The van der Waals surface area contributed by atoms with Crippen LogP contribution in [0.3, 0.4) is 0 Å². The lowest BCUT2D eigenvalue weighted by atomic mass is 10.2. The molecular formula is C16H10Cl2F3N3O. The van der Waals surface area contributed by atoms with Crippen molar-refractivity contribution in [2.75, 3.05) is 5.32 Å². The van der Waals surface area contributed by atoms with Crippen molar-refractivity contribution in [3.63, 3.8) is 0 Å². The summed E-state index contributed by atoms with van der Waals surface area (Å²) in [7, 11) is 0. The Balaban J connectivity index is 2.04. The van der Waals surface area contributed by atoms with E-state index >= 15 is 0 Å². The van der Waals surface area contributed by atoms with E-state index in [0.29, 0.717) is 21.4 Å². The summed E-state index contributed by atoms with van der Waals surface area (Å²) in [5.41, 5.74) is -0.0250. The summed E-state index contributed by atoms with van der Waals surface area (Å²) in [5, 5.41) is 3.20. The predicted molar refractivity (Wildman–Crippen MR) is 89.3 cm³/mol. The largest absolute Gasteiger partial charge is 0.417 e. The highest BCUT2D eigenvalue weighted by atomic mass is 35.5. The molecule has 0 aliphatic carbocycles. The van der Waals surface area contributed by atoms with Crippen molar-refractivity contribution in [2.45, 2.75) is 13.1 Å². The van der Waals surface area contributed by atoms with E-state index in [4.69, 9.17) is 23.2 Å². The minimum atomic E-state index is -4.53. The molecule has 0 spiro atoms. The van der Waals surface area contributed by atoms with E-state index < -0.39 is 17.6 Å². The lowest BCUT2D eigenvalue weighted by molar-refractivity contribution is -0.137. The van der Waals surface area contributed by atoms with Crippen molar-refractivity contribution in [3.05, 3.63) is 63.5 Å². The number of carbonyl (C=O) groups excluding carboxylic acids is 1. The number of nitrogens with one attached hydrogen (secondary N) is 1. The van der Waals surface area contributed by atoms with Gasteiger partial charge in [0.25, 0.3) is 5.91 Å². The molecule has 0 aliphatic heterocycles. The molecule has 4 nitrogen and oxygen atoms in total. The number of halogens is 5. The Morgan fingerprint density at radius 1 is 1.16 bits per heavy atom. The first kappa shape index (κ1) is 17.6. The minimum absolute atomic E-state index is 0.00259. The molecule has 0 radical (unpaired) electrons. The lowest BCUT2D eigenvalue weighted by Crippen LogP contribution is -2.16. The summed E-state index contributed by atoms with van der Waals surface area (Å²) in [4.78, 5) is 16.7. The van der Waals surface area contributed by atoms with Gasteiger partial charge in [-0.25, -0.2) is 4.98 Å². The van der Waals surface area contributed by atoms with Gasteiger partial charge in [-0.15, -0.1) is 0 Å². The zero-order valence-electron chi connectivity index (χ0n) is 12.7. The molecule has 0 saturated heterocycles. The first-order valence-corrected chi connectivity index (χ1v) is 7.74. The summed E-state index contributed by atoms with van der Waals surface area (Å²) < 4.78 is 39.9. The molecule has 3 rings (SSSR count). The van der Waals surface area contributed by atoms with E-state index in [2.05, 4.69) is 10.3 Å². The quantitative estimate of drug-likeness (QED) is 0.654. The Kier molecular flexibility index (Phi) is 4.38. The van der Waals surface area contributed by atoms with Gasteiger partial charge in [-0.2, -0.15) is 13.2 Å². The predicted octanol–water partition coefficient (Wildman–Crippen LogP) is 5.22. The Morgan fingerprint density at radius 3 is 2.40 bits per heavy atom. The number of imidazole rings is 1. The number of hydrogen-bond acceptors (Lipinski definition) is 2. The molecule has 0 aliphatic rings. The third-order valence-corrected chi connectivity index (χ3v) is 3.89. The molecule has 1 aromatic carbocycles. The van der Waals surface area contributed by atoms with Crippen LogP contribution in [-0.4, -0.2) is 15.3 Å². The van der Waals surface area contributed by atoms with Crippen LogP contribution in [0.15, 0.2) is 36.5 Å². The van der Waals surface area contributed by atoms with Crippen LogP contribution in [0, 0.1) is 6.92 Å². The van der Waals surface area contributed by atoms with Gasteiger partial charge in [0, 0.05) is 21.9 Å². The number of fused-ring (bicyclic) bond motifs is 1. The minimum Gasteiger partial charge on any atom is -0.321 e. The lowest BCUT2D eigenvalue weighted by Gasteiger charge is -2.09. The Labute approximate surface area is 150 Å². The van der Waals surface area contributed by atoms with Gasteiger partial charge in [0.15, 0.2) is 0 Å². The van der Waals surface area contributed by atoms with Crippen LogP contribution < -0.4 is 5.32 Å². The third-order valence-electron chi connectivity index (χ3n) is 3.46. The van der Waals surface area contributed by atoms with Crippen LogP contribution in [0.4, 0.5) is 18.9 Å². The van der Waals surface area contributed by atoms with E-state index in [-0.39, 0.29) is 11.3 Å². The smallest absolute Gasteiger partial charge is 0.321 e. The van der Waals surface area contributed by atoms with E-state index in [1.807, 2.05) is 0 Å². The molecular weight excluding hydrogens is 378 g/mol. The van der Waals surface area contributed by atoms with E-state index in [9.17, 15) is 18.0 Å². The van der Waals surface area contributed by atoms with Crippen molar-refractivity contribution < 1.29 is 18.0 Å². The van der Waals surface area contributed by atoms with Gasteiger partial charge in [0.05, 0.1) is 11.3 Å². The molecule has 0 fully saturated rings. The number of rotatable bonds is 2. The summed E-state index contributed by atoms with van der Waals surface area (Å²) in [6.07, 6.45) is -3.68. The van der Waals surface area contributed by atoms with Gasteiger partial charge in [0.2, 0.25) is 0 Å². The van der Waals surface area contributed by atoms with Crippen LogP contribution in [-0.2, 0) is 6.18 Å². The van der Waals surface area contributed by atoms with Crippen LogP contribution in [0.25, 0.3) is 5.65 Å². The maximum atomic E-state index is 12.9. The molecule has 0 saturated carbocycles. The number of aromatic nitrogens is 2. The Morgan fingerprint density at radius 2 is 1.80 bits per heavy atom. The number of anilines is 1. The van der Waals surface area contributed by atoms with Gasteiger partial charge in [-0.1, -0.05) is 23.2 Å². The van der Waals surface area contributed by atoms with Gasteiger partial charge >= 0.3 is 6.18 Å². The monoisotopic (exact) mass is 387 g/mol. The molecule has 3 aromatic rings. The first-order valence-electron chi connectivity index (χ1n) is 6.98. The normalized spacial score (nSPS) is 11.8. The molecule has 0 unspecified atom stereocenters. The number of hydrogen-bond donors (Lipinski definition) is 1. The fourth-order valence-electron chi connectivity index (χ4n) is 2.42. The number of benzene rings is 1. The van der Waals surface area contributed by atoms with Crippen LogP contribution in [0.2, 0.25) is 10.0 Å². The van der Waals surface area contributed by atoms with Crippen molar-refractivity contribution >= 4 is 40.4 Å². The molecule has 9 heteroatoms. The maximum absolute atomic E-state index is 12.9. The van der Waals surface area contributed by atoms with Crippen molar-refractivity contribution in [2.24, 2.45) is 0 Å². The number of carbonyl (C=O) groups is 1. The molecule has 1 amide bonds. The molecule has 130 valence electrons. The van der Waals surface area contributed by atoms with E-state index in [1.54, 1.807) is 6.92 Å². The van der Waals surface area contributed by atoms with Gasteiger partial charge in [-0.05, 0) is 37.3 Å². The summed E-state index contributed by atoms with van der Waals surface area (Å²) >= 11 is 11.8. The Hall–Kier alpha value is -2.25. The zero-order chi connectivity index (χ0) is 18.4. The molecule has 0 bridgehead atoms. The molecule has 2 heterocycles. The van der Waals surface area contributed by atoms with Crippen LogP contribution in [0.5, 0.6) is 0 Å². The van der Waals surface area contributed by atoms with Crippen LogP contribution >= 0.6 is 23.2 Å². The molecule has 0 atom stereocenters. The standard InChI is InChI=1S/C16H10Cl2F3N3O/c1-8-14(15(25)23-12-5-10(17)4-11(18)6-12)24-7-9(16(19,20)21)2-3-13(24)22-8/h2-7H,1H3,(H,23,25). The third kappa shape index (κ3) is 3.57. The number of aryl methyl sites for hydroxylation is 1. The fourth-order valence-corrected chi connectivity index (χ4v) is 2.95. The fraction of sp³-hybridized carbons (Fsp3) is 0.125. The topological polar surface area (TPSA) is 46.4 Å². The van der Waals surface area contributed by atoms with Crippen molar-refractivity contribution in [1.29, 1.82) is 0 Å². The van der Waals surface area contributed by atoms with Crippen LogP contribution in [0.1, 0.15) is 21.7 Å². The highest BCUT2D eigenvalue weighted by molar-refractivity contribution is 6.35. The average Bonchev–Trinajstić information content (AvgIpc) is 2.79. The second-order valence-electron chi connectivity index (χ2n) is 5.30. The second-order valence-corrected chi connectivity index (χ2v) is 6.17. The maximum Gasteiger partial charge on any atom is 0.417 e. The number of alkyl halides is 3. The molecule has 25 heavy (non-hydrogen) atoms. The average molecular weight is 388 g/mol. The van der Waals surface area contributed by atoms with E-state index in [1.165, 1.54) is 24.3 Å². The number of amides is 1. The van der Waals surface area contributed by atoms with Crippen molar-refractivity contribution in [3.8, 4) is 0 Å². The SMILES string of the molecule is Cc1nc2ccc(C(F)(F)F)cn2c1C(=O)Nc1cc(Cl)cc(Cl)c1. The number of nitrogens with zero attached hydrogens (tertiary/aromatic N) is 2. The highest BCUT2D eigenvalue weighted by Crippen LogP contribution is 2.30. The van der Waals surface area contributed by atoms with Gasteiger partial charge in [0.1, 0.15) is 11.3 Å². The Bertz CT molecular complexity index is 962. The summed E-state index contributed by atoms with van der Waals surface area (Å²) in [5.74, 6) is -0.623. The highest BCUT2D eigenvalue weighted by Gasteiger charge is 2.31. The zero-order valence-corrected chi connectivity index (χ0v) is 14.2. The molecule has 1 N–H and O–H groups in total. The number of pyridine rings is 1. The van der Waals surface area contributed by atoms with E-state index in [0.717, 1.165) is 16.7 Å². The van der Waals surface area contributed by atoms with Gasteiger partial charge < -0.3 is 5.32 Å². The summed E-state index contributed by atoms with van der Waals surface area (Å²) in [6.45, 7) is 1.54. The van der Waals surface area contributed by atoms with Gasteiger partial charge in [-0.3, -0.25) is 9.20 Å². The van der Waals surface area contributed by atoms with Crippen molar-refractivity contribution in [1.82, 2.24) is 9.38 Å². The first-order chi connectivity index (χ1) is 11.6. The molecule has 2 aromatic heterocycles. The second kappa shape index (κ2) is 6.24. The summed E-state index contributed by atoms with van der Waals surface area (Å²) in [6, 6.07) is 6.58.